The Hall–Kier alpha value is -2.36. The number of hydrogen-bond donors (Lipinski definition) is 0. The summed E-state index contributed by atoms with van der Waals surface area (Å²) in [6.07, 6.45) is 10.2. The minimum absolute atomic E-state index is 0.00444. The van der Waals surface area contributed by atoms with E-state index in [1.54, 1.807) is 5.57 Å². The number of rotatable bonds is 2. The Bertz CT molecular complexity index is 1080. The summed E-state index contributed by atoms with van der Waals surface area (Å²) < 4.78 is 6.20. The standard InChI is InChI=1S/C29H35NO3/c1-28-17-24(18-4-7-20(8-5-18)30(2)3)27-22-11-9-21(31)16-19(22)6-10-23(27)25(28)12-14-29(28)15-13-26(32)33-29/h4-5,7-8,16,23-25H,6,9-15,17H2,1-3H3/t23?,24-,25?,28+,29?/m1/s1. The number of benzene rings is 1. The Morgan fingerprint density at radius 1 is 0.970 bits per heavy atom. The molecule has 0 bridgehead atoms. The quantitative estimate of drug-likeness (QED) is 0.546. The molecule has 0 aromatic heterocycles. The van der Waals surface area contributed by atoms with Crippen LogP contribution in [0.1, 0.15) is 76.2 Å². The zero-order valence-electron chi connectivity index (χ0n) is 20.2. The molecule has 1 spiro atoms. The molecule has 1 aromatic carbocycles. The largest absolute Gasteiger partial charge is 0.458 e. The summed E-state index contributed by atoms with van der Waals surface area (Å²) in [5.41, 5.74) is 6.70. The van der Waals surface area contributed by atoms with Gasteiger partial charge in [-0.3, -0.25) is 9.59 Å². The van der Waals surface area contributed by atoms with Gasteiger partial charge in [0.25, 0.3) is 0 Å². The first-order chi connectivity index (χ1) is 15.8. The smallest absolute Gasteiger partial charge is 0.306 e. The maximum absolute atomic E-state index is 12.3. The number of nitrogens with zero attached hydrogens (tertiary/aromatic N) is 1. The molecule has 5 atom stereocenters. The number of fused-ring (bicyclic) bond motifs is 5. The highest BCUT2D eigenvalue weighted by Gasteiger charge is 2.66. The molecule has 6 rings (SSSR count). The molecule has 4 nitrogen and oxygen atoms in total. The molecule has 2 saturated carbocycles. The summed E-state index contributed by atoms with van der Waals surface area (Å²) in [5, 5.41) is 0. The number of hydrogen-bond acceptors (Lipinski definition) is 4. The van der Waals surface area contributed by atoms with Gasteiger partial charge in [-0.1, -0.05) is 24.6 Å². The molecule has 4 heteroatoms. The molecular weight excluding hydrogens is 410 g/mol. The van der Waals surface area contributed by atoms with E-state index < -0.39 is 0 Å². The number of anilines is 1. The van der Waals surface area contributed by atoms with E-state index >= 15 is 0 Å². The van der Waals surface area contributed by atoms with Crippen LogP contribution in [0.25, 0.3) is 0 Å². The number of carbonyl (C=O) groups is 2. The summed E-state index contributed by atoms with van der Waals surface area (Å²) in [7, 11) is 4.16. The topological polar surface area (TPSA) is 46.6 Å². The monoisotopic (exact) mass is 445 g/mol. The summed E-state index contributed by atoms with van der Waals surface area (Å²) in [6, 6.07) is 9.08. The molecule has 5 aliphatic rings. The lowest BCUT2D eigenvalue weighted by Gasteiger charge is -2.54. The summed E-state index contributed by atoms with van der Waals surface area (Å²) in [4.78, 5) is 26.7. The Balaban J connectivity index is 1.50. The fourth-order valence-corrected chi connectivity index (χ4v) is 8.24. The highest BCUT2D eigenvalue weighted by Crippen LogP contribution is 2.69. The van der Waals surface area contributed by atoms with Crippen LogP contribution in [0.4, 0.5) is 5.69 Å². The molecule has 1 heterocycles. The third-order valence-electron chi connectivity index (χ3n) is 9.88. The molecule has 0 N–H and O–H groups in total. The Kier molecular flexibility index (Phi) is 4.70. The first-order valence-corrected chi connectivity index (χ1v) is 12.8. The van der Waals surface area contributed by atoms with Crippen molar-refractivity contribution in [2.75, 3.05) is 19.0 Å². The van der Waals surface area contributed by atoms with Crippen molar-refractivity contribution in [3.05, 3.63) is 52.6 Å². The van der Waals surface area contributed by atoms with Crippen LogP contribution < -0.4 is 4.90 Å². The first kappa shape index (κ1) is 21.2. The van der Waals surface area contributed by atoms with Gasteiger partial charge in [0, 0.05) is 44.0 Å². The van der Waals surface area contributed by atoms with Crippen molar-refractivity contribution in [2.45, 2.75) is 76.2 Å². The van der Waals surface area contributed by atoms with E-state index in [0.29, 0.717) is 30.6 Å². The van der Waals surface area contributed by atoms with Gasteiger partial charge in [-0.15, -0.1) is 0 Å². The molecule has 33 heavy (non-hydrogen) atoms. The molecule has 3 unspecified atom stereocenters. The van der Waals surface area contributed by atoms with Crippen molar-refractivity contribution in [1.82, 2.24) is 0 Å². The lowest BCUT2D eigenvalue weighted by Crippen LogP contribution is -2.51. The fraction of sp³-hybridized carbons (Fsp3) is 0.586. The Morgan fingerprint density at radius 2 is 1.76 bits per heavy atom. The SMILES string of the molecule is CN(C)c1ccc([C@H]2C[C@@]3(C)C(CCC34CCC(=O)O4)C3CCC4=CC(=O)CCC4=C32)cc1. The third kappa shape index (κ3) is 3.02. The second-order valence-corrected chi connectivity index (χ2v) is 11.5. The molecule has 4 aliphatic carbocycles. The van der Waals surface area contributed by atoms with Crippen molar-refractivity contribution in [3.63, 3.8) is 0 Å². The van der Waals surface area contributed by atoms with Gasteiger partial charge in [-0.2, -0.15) is 0 Å². The lowest BCUT2D eigenvalue weighted by atomic mass is 9.51. The molecule has 0 radical (unpaired) electrons. The van der Waals surface area contributed by atoms with Crippen LogP contribution in [-0.4, -0.2) is 31.4 Å². The third-order valence-corrected chi connectivity index (χ3v) is 9.88. The fourth-order valence-electron chi connectivity index (χ4n) is 8.24. The van der Waals surface area contributed by atoms with Crippen molar-refractivity contribution < 1.29 is 14.3 Å². The normalized spacial score (nSPS) is 37.4. The van der Waals surface area contributed by atoms with Gasteiger partial charge in [-0.25, -0.2) is 0 Å². The van der Waals surface area contributed by atoms with Crippen LogP contribution in [0.5, 0.6) is 0 Å². The van der Waals surface area contributed by atoms with E-state index in [4.69, 9.17) is 4.74 Å². The van der Waals surface area contributed by atoms with Gasteiger partial charge in [0.15, 0.2) is 5.78 Å². The van der Waals surface area contributed by atoms with Crippen molar-refractivity contribution in [2.24, 2.45) is 17.3 Å². The highest BCUT2D eigenvalue weighted by atomic mass is 16.6. The van der Waals surface area contributed by atoms with E-state index in [1.807, 2.05) is 6.08 Å². The number of ketones is 1. The van der Waals surface area contributed by atoms with Gasteiger partial charge in [0.2, 0.25) is 0 Å². The van der Waals surface area contributed by atoms with Crippen LogP contribution in [0.2, 0.25) is 0 Å². The number of carbonyl (C=O) groups excluding carboxylic acids is 2. The molecule has 1 saturated heterocycles. The van der Waals surface area contributed by atoms with Gasteiger partial charge < -0.3 is 9.64 Å². The Morgan fingerprint density at radius 3 is 2.45 bits per heavy atom. The van der Waals surface area contributed by atoms with Crippen molar-refractivity contribution in [1.29, 1.82) is 0 Å². The second-order valence-electron chi connectivity index (χ2n) is 11.5. The molecular formula is C29H35NO3. The number of allylic oxidation sites excluding steroid dienone is 4. The van der Waals surface area contributed by atoms with Crippen LogP contribution in [0.3, 0.4) is 0 Å². The van der Waals surface area contributed by atoms with Gasteiger partial charge in [0.05, 0.1) is 0 Å². The minimum atomic E-state index is -0.286. The summed E-state index contributed by atoms with van der Waals surface area (Å²) in [6.45, 7) is 2.43. The van der Waals surface area contributed by atoms with Gasteiger partial charge in [-0.05, 0) is 91.7 Å². The maximum Gasteiger partial charge on any atom is 0.306 e. The van der Waals surface area contributed by atoms with E-state index in [-0.39, 0.29) is 22.8 Å². The minimum Gasteiger partial charge on any atom is -0.458 e. The van der Waals surface area contributed by atoms with Crippen LogP contribution >= 0.6 is 0 Å². The van der Waals surface area contributed by atoms with E-state index in [0.717, 1.165) is 44.9 Å². The summed E-state index contributed by atoms with van der Waals surface area (Å²) in [5.74, 6) is 1.70. The molecule has 3 fully saturated rings. The molecule has 0 amide bonds. The predicted molar refractivity (Wildman–Crippen MR) is 129 cm³/mol. The van der Waals surface area contributed by atoms with Crippen LogP contribution in [0, 0.1) is 17.3 Å². The maximum atomic E-state index is 12.3. The van der Waals surface area contributed by atoms with Crippen molar-refractivity contribution >= 4 is 17.4 Å². The number of ether oxygens (including phenoxy) is 1. The average Bonchev–Trinajstić information content (AvgIpc) is 3.32. The highest BCUT2D eigenvalue weighted by molar-refractivity contribution is 5.93. The summed E-state index contributed by atoms with van der Waals surface area (Å²) >= 11 is 0. The molecule has 174 valence electrons. The van der Waals surface area contributed by atoms with E-state index in [1.165, 1.54) is 22.4 Å². The van der Waals surface area contributed by atoms with E-state index in [2.05, 4.69) is 50.2 Å². The van der Waals surface area contributed by atoms with Gasteiger partial charge in [0.1, 0.15) is 5.60 Å². The Labute approximate surface area is 197 Å². The van der Waals surface area contributed by atoms with Crippen molar-refractivity contribution in [3.8, 4) is 0 Å². The number of esters is 1. The zero-order valence-corrected chi connectivity index (χ0v) is 20.2. The molecule has 1 aliphatic heterocycles. The van der Waals surface area contributed by atoms with Crippen LogP contribution in [0.15, 0.2) is 47.1 Å². The van der Waals surface area contributed by atoms with Gasteiger partial charge >= 0.3 is 5.97 Å². The lowest BCUT2D eigenvalue weighted by molar-refractivity contribution is -0.162. The first-order valence-electron chi connectivity index (χ1n) is 12.8. The van der Waals surface area contributed by atoms with Crippen LogP contribution in [-0.2, 0) is 14.3 Å². The molecule has 1 aromatic rings. The predicted octanol–water partition coefficient (Wildman–Crippen LogP) is 5.73. The second kappa shape index (κ2) is 7.32. The van der Waals surface area contributed by atoms with E-state index in [9.17, 15) is 9.59 Å². The average molecular weight is 446 g/mol. The zero-order chi connectivity index (χ0) is 23.0.